The molecule has 214 valence electrons. The van der Waals surface area contributed by atoms with Gasteiger partial charge in [0, 0.05) is 47.8 Å². The molecule has 0 atom stereocenters. The highest BCUT2D eigenvalue weighted by Crippen LogP contribution is 2.42. The SMILES string of the molecule is CC(C)[Si](OCCCn1cc(-c2ccnc3nc(-c4ccccc4)[nH]c23)c(-c2ccc(F)cc2)n1)(C(C)C)C(C)C. The molecule has 3 heterocycles. The lowest BCUT2D eigenvalue weighted by atomic mass is 10.0. The van der Waals surface area contributed by atoms with Gasteiger partial charge in [0.05, 0.1) is 5.52 Å². The summed E-state index contributed by atoms with van der Waals surface area (Å²) in [6.45, 7) is 15.3. The molecule has 0 aliphatic carbocycles. The van der Waals surface area contributed by atoms with Crippen LogP contribution >= 0.6 is 0 Å². The van der Waals surface area contributed by atoms with Crippen LogP contribution in [0.1, 0.15) is 48.0 Å². The highest BCUT2D eigenvalue weighted by molar-refractivity contribution is 6.77. The molecule has 8 heteroatoms. The van der Waals surface area contributed by atoms with Crippen LogP contribution < -0.4 is 0 Å². The van der Waals surface area contributed by atoms with E-state index in [-0.39, 0.29) is 5.82 Å². The largest absolute Gasteiger partial charge is 0.416 e. The monoisotopic (exact) mass is 569 g/mol. The number of aryl methyl sites for hydroxylation is 1. The normalized spacial score (nSPS) is 12.3. The van der Waals surface area contributed by atoms with E-state index in [1.165, 1.54) is 12.1 Å². The minimum Gasteiger partial charge on any atom is -0.416 e. The van der Waals surface area contributed by atoms with Crippen LogP contribution in [0.4, 0.5) is 4.39 Å². The molecule has 0 saturated carbocycles. The first-order chi connectivity index (χ1) is 19.7. The van der Waals surface area contributed by atoms with Crippen LogP contribution in [0, 0.1) is 5.82 Å². The number of nitrogens with one attached hydrogen (secondary N) is 1. The molecule has 2 aromatic carbocycles. The Balaban J connectivity index is 1.47. The minimum atomic E-state index is -1.92. The van der Waals surface area contributed by atoms with Crippen molar-refractivity contribution in [3.05, 3.63) is 78.9 Å². The number of benzene rings is 2. The molecule has 0 bridgehead atoms. The summed E-state index contributed by atoms with van der Waals surface area (Å²) < 4.78 is 22.6. The maximum atomic E-state index is 13.8. The fraction of sp³-hybridized carbons (Fsp3) is 0.364. The molecule has 41 heavy (non-hydrogen) atoms. The number of pyridine rings is 1. The molecule has 5 rings (SSSR count). The van der Waals surface area contributed by atoms with Crippen LogP contribution in [0.5, 0.6) is 0 Å². The summed E-state index contributed by atoms with van der Waals surface area (Å²) in [4.78, 5) is 12.8. The van der Waals surface area contributed by atoms with Crippen LogP contribution in [0.15, 0.2) is 73.1 Å². The first-order valence-electron chi connectivity index (χ1n) is 14.6. The number of rotatable bonds is 11. The van der Waals surface area contributed by atoms with Crippen molar-refractivity contribution in [1.82, 2.24) is 24.7 Å². The van der Waals surface area contributed by atoms with Crippen molar-refractivity contribution in [3.8, 4) is 33.8 Å². The molecule has 0 amide bonds. The van der Waals surface area contributed by atoms with Crippen molar-refractivity contribution >= 4 is 19.5 Å². The average molecular weight is 570 g/mol. The molecule has 0 spiro atoms. The van der Waals surface area contributed by atoms with Crippen molar-refractivity contribution in [3.63, 3.8) is 0 Å². The van der Waals surface area contributed by atoms with Gasteiger partial charge < -0.3 is 9.41 Å². The quantitative estimate of drug-likeness (QED) is 0.127. The third-order valence-electron chi connectivity index (χ3n) is 8.20. The van der Waals surface area contributed by atoms with Crippen LogP contribution in [-0.2, 0) is 11.0 Å². The molecule has 1 N–H and O–H groups in total. The molecule has 0 saturated heterocycles. The molecule has 0 radical (unpaired) electrons. The zero-order valence-electron chi connectivity index (χ0n) is 24.9. The number of imidazole rings is 1. The van der Waals surface area contributed by atoms with Crippen molar-refractivity contribution in [1.29, 1.82) is 0 Å². The number of H-pyrrole nitrogens is 1. The zero-order chi connectivity index (χ0) is 29.1. The molecule has 6 nitrogen and oxygen atoms in total. The maximum Gasteiger partial charge on any atom is 0.200 e. The van der Waals surface area contributed by atoms with Gasteiger partial charge in [-0.2, -0.15) is 5.10 Å². The number of aromatic amines is 1. The molecule has 0 unspecified atom stereocenters. The summed E-state index contributed by atoms with van der Waals surface area (Å²) in [5.74, 6) is 0.494. The van der Waals surface area contributed by atoms with Gasteiger partial charge in [0.1, 0.15) is 17.3 Å². The lowest BCUT2D eigenvalue weighted by Gasteiger charge is -2.42. The number of aromatic nitrogens is 5. The summed E-state index contributed by atoms with van der Waals surface area (Å²) in [7, 11) is -1.92. The Kier molecular flexibility index (Phi) is 8.52. The topological polar surface area (TPSA) is 68.6 Å². The Morgan fingerprint density at radius 3 is 2.20 bits per heavy atom. The molecule has 0 fully saturated rings. The second-order valence-corrected chi connectivity index (χ2v) is 17.1. The van der Waals surface area contributed by atoms with Crippen molar-refractivity contribution in [2.24, 2.45) is 0 Å². The third-order valence-corrected chi connectivity index (χ3v) is 14.3. The second-order valence-electron chi connectivity index (χ2n) is 11.7. The van der Waals surface area contributed by atoms with Crippen molar-refractivity contribution in [2.45, 2.75) is 71.1 Å². The van der Waals surface area contributed by atoms with Gasteiger partial charge in [-0.15, -0.1) is 0 Å². The van der Waals surface area contributed by atoms with Crippen molar-refractivity contribution in [2.75, 3.05) is 6.61 Å². The minimum absolute atomic E-state index is 0.271. The van der Waals surface area contributed by atoms with Gasteiger partial charge in [0.15, 0.2) is 14.0 Å². The zero-order valence-corrected chi connectivity index (χ0v) is 25.9. The van der Waals surface area contributed by atoms with E-state index in [0.29, 0.717) is 28.9 Å². The molecular formula is C33H40FN5OSi. The molecule has 5 aromatic rings. The summed E-state index contributed by atoms with van der Waals surface area (Å²) in [6.07, 6.45) is 4.72. The number of fused-ring (bicyclic) bond motifs is 1. The highest BCUT2D eigenvalue weighted by atomic mass is 28.4. The lowest BCUT2D eigenvalue weighted by molar-refractivity contribution is 0.263. The second kappa shape index (κ2) is 12.1. The smallest absolute Gasteiger partial charge is 0.200 e. The third kappa shape index (κ3) is 5.76. The van der Waals surface area contributed by atoms with Gasteiger partial charge in [-0.1, -0.05) is 71.9 Å². The molecule has 3 aromatic heterocycles. The van der Waals surface area contributed by atoms with E-state index in [1.807, 2.05) is 41.1 Å². The molecule has 0 aliphatic heterocycles. The van der Waals surface area contributed by atoms with Crippen LogP contribution in [0.3, 0.4) is 0 Å². The van der Waals surface area contributed by atoms with E-state index in [9.17, 15) is 4.39 Å². The summed E-state index contributed by atoms with van der Waals surface area (Å²) >= 11 is 0. The van der Waals surface area contributed by atoms with Gasteiger partial charge in [0.2, 0.25) is 0 Å². The number of halogens is 1. The Hall–Kier alpha value is -3.62. The predicted octanol–water partition coefficient (Wildman–Crippen LogP) is 8.88. The Morgan fingerprint density at radius 2 is 1.54 bits per heavy atom. The first-order valence-corrected chi connectivity index (χ1v) is 16.7. The summed E-state index contributed by atoms with van der Waals surface area (Å²) in [5, 5.41) is 4.99. The fourth-order valence-electron chi connectivity index (χ4n) is 6.40. The van der Waals surface area contributed by atoms with Crippen LogP contribution in [-0.4, -0.2) is 39.7 Å². The molecular weight excluding hydrogens is 529 g/mol. The maximum absolute atomic E-state index is 13.8. The Labute approximate surface area is 243 Å². The fourth-order valence-corrected chi connectivity index (χ4v) is 11.9. The Morgan fingerprint density at radius 1 is 0.854 bits per heavy atom. The van der Waals surface area contributed by atoms with E-state index in [0.717, 1.165) is 52.3 Å². The van der Waals surface area contributed by atoms with E-state index in [1.54, 1.807) is 18.3 Å². The molecule has 0 aliphatic rings. The van der Waals surface area contributed by atoms with E-state index < -0.39 is 8.32 Å². The first kappa shape index (κ1) is 28.9. The number of nitrogens with zero attached hydrogens (tertiary/aromatic N) is 4. The van der Waals surface area contributed by atoms with E-state index in [4.69, 9.17) is 14.5 Å². The van der Waals surface area contributed by atoms with E-state index in [2.05, 4.69) is 57.7 Å². The number of hydrogen-bond acceptors (Lipinski definition) is 4. The standard InChI is InChI=1S/C33H40FN5OSi/c1-22(2)41(23(3)4,24(5)6)40-20-10-19-39-21-29(30(38-39)25-13-15-27(34)16-14-25)28-17-18-35-33-31(28)36-32(37-33)26-11-8-7-9-12-26/h7-9,11-18,21-24H,10,19-20H2,1-6H3,(H,35,36,37). The van der Waals surface area contributed by atoms with Gasteiger partial charge >= 0.3 is 0 Å². The highest BCUT2D eigenvalue weighted by Gasteiger charge is 2.44. The van der Waals surface area contributed by atoms with Crippen LogP contribution in [0.2, 0.25) is 16.6 Å². The number of hydrogen-bond donors (Lipinski definition) is 1. The lowest BCUT2D eigenvalue weighted by Crippen LogP contribution is -2.48. The predicted molar refractivity (Wildman–Crippen MR) is 168 cm³/mol. The van der Waals surface area contributed by atoms with E-state index >= 15 is 0 Å². The van der Waals surface area contributed by atoms with Crippen molar-refractivity contribution < 1.29 is 8.82 Å². The summed E-state index contributed by atoms with van der Waals surface area (Å²) in [5.41, 5.74) is 7.69. The van der Waals surface area contributed by atoms with Gasteiger partial charge in [-0.25, -0.2) is 14.4 Å². The Bertz CT molecular complexity index is 1570. The average Bonchev–Trinajstić information content (AvgIpc) is 3.58. The van der Waals surface area contributed by atoms with Gasteiger partial charge in [-0.05, 0) is 53.4 Å². The van der Waals surface area contributed by atoms with Crippen LogP contribution in [0.25, 0.3) is 44.9 Å². The summed E-state index contributed by atoms with van der Waals surface area (Å²) in [6, 6.07) is 18.5. The van der Waals surface area contributed by atoms with Gasteiger partial charge in [0.25, 0.3) is 0 Å². The van der Waals surface area contributed by atoms with Gasteiger partial charge in [-0.3, -0.25) is 4.68 Å².